The van der Waals surface area contributed by atoms with Crippen LogP contribution in [0.3, 0.4) is 0 Å². The smallest absolute Gasteiger partial charge is 0.488 e. The summed E-state index contributed by atoms with van der Waals surface area (Å²) in [7, 11) is 0. The number of hydrogen-bond acceptors (Lipinski definition) is 3. The van der Waals surface area contributed by atoms with Crippen LogP contribution in [-0.2, 0) is 19.3 Å². The van der Waals surface area contributed by atoms with Gasteiger partial charge < -0.3 is 10.1 Å². The number of halogens is 3. The third kappa shape index (κ3) is 3.61. The van der Waals surface area contributed by atoms with E-state index in [1.807, 2.05) is 12.2 Å². The van der Waals surface area contributed by atoms with Gasteiger partial charge in [0.25, 0.3) is 5.56 Å². The lowest BCUT2D eigenvalue weighted by Crippen LogP contribution is -2.28. The first-order valence-corrected chi connectivity index (χ1v) is 10.1. The Bertz CT molecular complexity index is 1410. The molecule has 2 aliphatic rings. The Balaban J connectivity index is 1.52. The molecule has 3 heterocycles. The molecule has 1 aliphatic carbocycles. The van der Waals surface area contributed by atoms with E-state index in [2.05, 4.69) is 16.8 Å². The fourth-order valence-corrected chi connectivity index (χ4v) is 4.12. The van der Waals surface area contributed by atoms with E-state index in [1.165, 1.54) is 22.9 Å². The number of allylic oxidation sites excluding steroid dienone is 2. The summed E-state index contributed by atoms with van der Waals surface area (Å²) in [6.07, 6.45) is 2.84. The Kier molecular flexibility index (Phi) is 4.91. The first kappa shape index (κ1) is 20.2. The van der Waals surface area contributed by atoms with E-state index >= 15 is 0 Å². The van der Waals surface area contributed by atoms with Crippen molar-refractivity contribution in [2.45, 2.75) is 19.3 Å². The lowest BCUT2D eigenvalue weighted by molar-refractivity contribution is -0.202. The van der Waals surface area contributed by atoms with Gasteiger partial charge in [0.1, 0.15) is 12.4 Å². The summed E-state index contributed by atoms with van der Waals surface area (Å²) < 4.78 is 49.0. The van der Waals surface area contributed by atoms with Gasteiger partial charge in [-0.25, -0.2) is 0 Å². The molecule has 0 unspecified atom stereocenters. The molecule has 0 spiro atoms. The van der Waals surface area contributed by atoms with Crippen LogP contribution in [0, 0.1) is 0 Å². The minimum Gasteiger partial charge on any atom is -0.488 e. The Labute approximate surface area is 181 Å². The van der Waals surface area contributed by atoms with Crippen LogP contribution in [0.4, 0.5) is 13.2 Å². The molecule has 2 aromatic heterocycles. The summed E-state index contributed by atoms with van der Waals surface area (Å²) in [5.41, 5.74) is 7.46. The average Bonchev–Trinajstić information content (AvgIpc) is 3.12. The maximum atomic E-state index is 13.9. The molecule has 0 saturated carbocycles. The van der Waals surface area contributed by atoms with E-state index < -0.39 is 11.9 Å². The molecule has 5 rings (SSSR count). The SMILES string of the molecule is O=c1cc(OCC2=C=C=CC=C2)ccn1-c1ccc2c3c(n(C(F)(F)F)c2c1)CNCC3. The molecular formula is C24H18F3N3O2. The van der Waals surface area contributed by atoms with E-state index in [-0.39, 0.29) is 24.4 Å². The molecule has 0 amide bonds. The molecule has 0 radical (unpaired) electrons. The van der Waals surface area contributed by atoms with Crippen molar-refractivity contribution in [3.63, 3.8) is 0 Å². The highest BCUT2D eigenvalue weighted by Crippen LogP contribution is 2.37. The van der Waals surface area contributed by atoms with Crippen molar-refractivity contribution in [1.82, 2.24) is 14.5 Å². The first-order chi connectivity index (χ1) is 15.4. The van der Waals surface area contributed by atoms with Crippen LogP contribution in [0.2, 0.25) is 0 Å². The van der Waals surface area contributed by atoms with Gasteiger partial charge in [-0.15, -0.1) is 13.2 Å². The van der Waals surface area contributed by atoms with Crippen LogP contribution < -0.4 is 15.6 Å². The molecule has 0 bridgehead atoms. The zero-order chi connectivity index (χ0) is 22.3. The zero-order valence-corrected chi connectivity index (χ0v) is 16.9. The van der Waals surface area contributed by atoms with E-state index in [9.17, 15) is 18.0 Å². The van der Waals surface area contributed by atoms with Gasteiger partial charge in [0.2, 0.25) is 0 Å². The van der Waals surface area contributed by atoms with Crippen molar-refractivity contribution in [1.29, 1.82) is 0 Å². The Morgan fingerprint density at radius 1 is 1.19 bits per heavy atom. The molecule has 5 nitrogen and oxygen atoms in total. The van der Waals surface area contributed by atoms with Crippen LogP contribution in [0.5, 0.6) is 5.75 Å². The maximum Gasteiger partial charge on any atom is 0.489 e. The van der Waals surface area contributed by atoms with Crippen molar-refractivity contribution < 1.29 is 17.9 Å². The number of hydrogen-bond donors (Lipinski definition) is 1. The largest absolute Gasteiger partial charge is 0.489 e. The highest BCUT2D eigenvalue weighted by molar-refractivity contribution is 5.87. The number of pyridine rings is 1. The van der Waals surface area contributed by atoms with E-state index in [0.717, 1.165) is 5.57 Å². The molecule has 162 valence electrons. The lowest BCUT2D eigenvalue weighted by atomic mass is 10.0. The third-order valence-corrected chi connectivity index (χ3v) is 5.54. The van der Waals surface area contributed by atoms with Gasteiger partial charge in [-0.1, -0.05) is 23.6 Å². The molecule has 1 aromatic carbocycles. The standard InChI is InChI=1S/C24H18F3N3O2/c25-24(26,27)30-21-12-17(6-7-19(21)20-8-10-28-14-22(20)30)29-11-9-18(13-23(29)31)32-15-16-4-2-1-3-5-16/h1-2,4,6-7,9,11-13,28H,8,10,14-15H2. The summed E-state index contributed by atoms with van der Waals surface area (Å²) in [5, 5.41) is 3.57. The lowest BCUT2D eigenvalue weighted by Gasteiger charge is -2.18. The number of nitrogens with zero attached hydrogens (tertiary/aromatic N) is 2. The van der Waals surface area contributed by atoms with Crippen LogP contribution in [0.1, 0.15) is 11.3 Å². The van der Waals surface area contributed by atoms with Crippen LogP contribution in [0.15, 0.2) is 76.6 Å². The number of fused-ring (bicyclic) bond motifs is 3. The molecule has 3 aromatic rings. The number of nitrogens with one attached hydrogen (secondary N) is 1. The summed E-state index contributed by atoms with van der Waals surface area (Å²) in [4.78, 5) is 12.7. The fourth-order valence-electron chi connectivity index (χ4n) is 4.12. The third-order valence-electron chi connectivity index (χ3n) is 5.54. The highest BCUT2D eigenvalue weighted by Gasteiger charge is 2.37. The number of ether oxygens (including phenoxy) is 1. The van der Waals surface area contributed by atoms with Gasteiger partial charge in [0.05, 0.1) is 11.2 Å². The summed E-state index contributed by atoms with van der Waals surface area (Å²) in [6.45, 7) is 1.01. The fraction of sp³-hybridized carbons (Fsp3) is 0.208. The average molecular weight is 437 g/mol. The predicted molar refractivity (Wildman–Crippen MR) is 114 cm³/mol. The number of benzene rings is 1. The summed E-state index contributed by atoms with van der Waals surface area (Å²) in [6, 6.07) is 7.67. The van der Waals surface area contributed by atoms with Gasteiger partial charge >= 0.3 is 6.30 Å². The summed E-state index contributed by atoms with van der Waals surface area (Å²) in [5.74, 6) is 0.366. The topological polar surface area (TPSA) is 48.2 Å². The molecule has 0 saturated heterocycles. The Morgan fingerprint density at radius 2 is 2.06 bits per heavy atom. The zero-order valence-electron chi connectivity index (χ0n) is 16.9. The quantitative estimate of drug-likeness (QED) is 0.626. The van der Waals surface area contributed by atoms with E-state index in [4.69, 9.17) is 4.74 Å². The van der Waals surface area contributed by atoms with Crippen LogP contribution in [-0.4, -0.2) is 22.3 Å². The Hall–Kier alpha value is -3.70. The minimum atomic E-state index is -4.56. The van der Waals surface area contributed by atoms with E-state index in [0.29, 0.717) is 39.9 Å². The maximum absolute atomic E-state index is 13.9. The van der Waals surface area contributed by atoms with Crippen molar-refractivity contribution in [2.24, 2.45) is 0 Å². The Morgan fingerprint density at radius 3 is 2.81 bits per heavy atom. The van der Waals surface area contributed by atoms with Crippen LogP contribution >= 0.6 is 0 Å². The monoisotopic (exact) mass is 437 g/mol. The predicted octanol–water partition coefficient (Wildman–Crippen LogP) is 4.10. The molecule has 1 aliphatic heterocycles. The highest BCUT2D eigenvalue weighted by atomic mass is 19.4. The van der Waals surface area contributed by atoms with Gasteiger partial charge in [0, 0.05) is 35.5 Å². The first-order valence-electron chi connectivity index (χ1n) is 10.1. The minimum absolute atomic E-state index is 0.0480. The van der Waals surface area contributed by atoms with Gasteiger partial charge in [-0.05, 0) is 48.9 Å². The summed E-state index contributed by atoms with van der Waals surface area (Å²) >= 11 is 0. The van der Waals surface area contributed by atoms with Gasteiger partial charge in [-0.2, -0.15) is 0 Å². The second-order valence-corrected chi connectivity index (χ2v) is 7.54. The molecule has 32 heavy (non-hydrogen) atoms. The number of aromatic nitrogens is 2. The van der Waals surface area contributed by atoms with Crippen molar-refractivity contribution in [2.75, 3.05) is 13.2 Å². The van der Waals surface area contributed by atoms with Gasteiger partial charge in [-0.3, -0.25) is 13.9 Å². The molecule has 8 heteroatoms. The molecule has 0 fully saturated rings. The number of alkyl halides is 3. The van der Waals surface area contributed by atoms with Crippen molar-refractivity contribution in [3.8, 4) is 11.4 Å². The van der Waals surface area contributed by atoms with Gasteiger partial charge in [0.15, 0.2) is 0 Å². The second kappa shape index (κ2) is 7.77. The number of rotatable bonds is 4. The van der Waals surface area contributed by atoms with Crippen molar-refractivity contribution in [3.05, 3.63) is 93.4 Å². The molecular weight excluding hydrogens is 419 g/mol. The normalized spacial score (nSPS) is 15.2. The van der Waals surface area contributed by atoms with E-state index in [1.54, 1.807) is 24.3 Å². The molecule has 0 atom stereocenters. The van der Waals surface area contributed by atoms with Crippen molar-refractivity contribution >= 4 is 10.9 Å². The second-order valence-electron chi connectivity index (χ2n) is 7.54. The molecule has 1 N–H and O–H groups in total. The van der Waals surface area contributed by atoms with Crippen LogP contribution in [0.25, 0.3) is 16.6 Å².